The normalized spacial score (nSPS) is 12.2. The van der Waals surface area contributed by atoms with Crippen molar-refractivity contribution in [3.8, 4) is 5.19 Å². The molecule has 1 rings (SSSR count). The van der Waals surface area contributed by atoms with Gasteiger partial charge in [0.15, 0.2) is 0 Å². The number of aromatic nitrogens is 1. The second-order valence-electron chi connectivity index (χ2n) is 2.95. The summed E-state index contributed by atoms with van der Waals surface area (Å²) >= 11 is 1.39. The van der Waals surface area contributed by atoms with Crippen LogP contribution in [0.15, 0.2) is 6.20 Å². The van der Waals surface area contributed by atoms with Crippen LogP contribution in [0, 0.1) is 0 Å². The highest BCUT2D eigenvalue weighted by Crippen LogP contribution is 2.26. The molecule has 0 aliphatic carbocycles. The Kier molecular flexibility index (Phi) is 4.51. The molecule has 15 heavy (non-hydrogen) atoms. The Balaban J connectivity index is 2.46. The number of hydrogen-bond donors (Lipinski definition) is 1. The maximum absolute atomic E-state index is 10.9. The lowest BCUT2D eigenvalue weighted by atomic mass is 10.1. The van der Waals surface area contributed by atoms with Crippen molar-refractivity contribution in [1.82, 2.24) is 4.98 Å². The maximum atomic E-state index is 10.9. The Morgan fingerprint density at radius 1 is 1.67 bits per heavy atom. The molecule has 0 amide bonds. The first-order chi connectivity index (χ1) is 7.17. The average molecular weight is 230 g/mol. The Morgan fingerprint density at radius 3 is 2.93 bits per heavy atom. The number of rotatable bonds is 5. The summed E-state index contributed by atoms with van der Waals surface area (Å²) in [7, 11) is 2.92. The predicted octanol–water partition coefficient (Wildman–Crippen LogP) is 1.10. The molecular weight excluding hydrogens is 216 g/mol. The Labute approximate surface area is 92.2 Å². The largest absolute Gasteiger partial charge is 0.473 e. The fraction of sp³-hybridized carbons (Fsp3) is 0.556. The topological polar surface area (TPSA) is 74.4 Å². The molecule has 0 aliphatic heterocycles. The van der Waals surface area contributed by atoms with Gasteiger partial charge in [-0.1, -0.05) is 11.3 Å². The highest BCUT2D eigenvalue weighted by molar-refractivity contribution is 7.13. The van der Waals surface area contributed by atoms with Crippen molar-refractivity contribution in [2.75, 3.05) is 14.2 Å². The van der Waals surface area contributed by atoms with Crippen LogP contribution in [0.5, 0.6) is 5.19 Å². The number of hydrogen-bond acceptors (Lipinski definition) is 6. The third kappa shape index (κ3) is 3.49. The predicted molar refractivity (Wildman–Crippen MR) is 56.8 cm³/mol. The van der Waals surface area contributed by atoms with Gasteiger partial charge in [0, 0.05) is 23.5 Å². The first kappa shape index (κ1) is 11.9. The minimum absolute atomic E-state index is 0.189. The molecule has 0 saturated carbocycles. The van der Waals surface area contributed by atoms with Crippen LogP contribution in [0.3, 0.4) is 0 Å². The van der Waals surface area contributed by atoms with E-state index in [0.717, 1.165) is 4.88 Å². The van der Waals surface area contributed by atoms with Crippen molar-refractivity contribution < 1.29 is 14.3 Å². The van der Waals surface area contributed by atoms with Crippen LogP contribution in [0.1, 0.15) is 23.8 Å². The van der Waals surface area contributed by atoms with Gasteiger partial charge in [-0.25, -0.2) is 4.98 Å². The van der Waals surface area contributed by atoms with Gasteiger partial charge in [-0.2, -0.15) is 0 Å². The number of ether oxygens (including phenoxy) is 2. The Hall–Kier alpha value is -1.14. The van der Waals surface area contributed by atoms with E-state index in [9.17, 15) is 4.79 Å². The minimum atomic E-state index is -0.248. The monoisotopic (exact) mass is 230 g/mol. The zero-order valence-electron chi connectivity index (χ0n) is 8.73. The molecule has 1 aromatic rings. The van der Waals surface area contributed by atoms with Gasteiger partial charge in [0.25, 0.3) is 5.19 Å². The molecule has 84 valence electrons. The van der Waals surface area contributed by atoms with Crippen molar-refractivity contribution in [3.05, 3.63) is 11.1 Å². The SMILES string of the molecule is COC(=O)CCC(N)c1cnc(OC)s1. The summed E-state index contributed by atoms with van der Waals surface area (Å²) in [5.74, 6) is -0.248. The quantitative estimate of drug-likeness (QED) is 0.767. The molecular formula is C9H14N2O3S. The molecule has 0 aliphatic rings. The first-order valence-electron chi connectivity index (χ1n) is 4.49. The van der Waals surface area contributed by atoms with Crippen LogP contribution in [-0.4, -0.2) is 25.2 Å². The summed E-state index contributed by atoms with van der Waals surface area (Å²) in [6.07, 6.45) is 2.54. The molecule has 1 aromatic heterocycles. The van der Waals surface area contributed by atoms with E-state index in [2.05, 4.69) is 9.72 Å². The van der Waals surface area contributed by atoms with Crippen LogP contribution in [0.4, 0.5) is 0 Å². The standard InChI is InChI=1S/C9H14N2O3S/c1-13-8(12)4-3-6(10)7-5-11-9(14-2)15-7/h5-6H,3-4,10H2,1-2H3. The highest BCUT2D eigenvalue weighted by atomic mass is 32.1. The van der Waals surface area contributed by atoms with Gasteiger partial charge in [0.2, 0.25) is 0 Å². The zero-order valence-corrected chi connectivity index (χ0v) is 9.54. The lowest BCUT2D eigenvalue weighted by molar-refractivity contribution is -0.140. The highest BCUT2D eigenvalue weighted by Gasteiger charge is 2.12. The van der Waals surface area contributed by atoms with Gasteiger partial charge in [-0.3, -0.25) is 4.79 Å². The van der Waals surface area contributed by atoms with Crippen molar-refractivity contribution in [2.24, 2.45) is 5.73 Å². The van der Waals surface area contributed by atoms with Crippen LogP contribution < -0.4 is 10.5 Å². The van der Waals surface area contributed by atoms with Gasteiger partial charge in [0.1, 0.15) is 0 Å². The number of thiazole rings is 1. The van der Waals surface area contributed by atoms with Crippen LogP contribution in [0.2, 0.25) is 0 Å². The first-order valence-corrected chi connectivity index (χ1v) is 5.31. The van der Waals surface area contributed by atoms with Crippen LogP contribution in [-0.2, 0) is 9.53 Å². The lowest BCUT2D eigenvalue weighted by Crippen LogP contribution is -2.11. The molecule has 0 saturated heterocycles. The van der Waals surface area contributed by atoms with Gasteiger partial charge in [-0.15, -0.1) is 0 Å². The Morgan fingerprint density at radius 2 is 2.40 bits per heavy atom. The molecule has 0 spiro atoms. The fourth-order valence-electron chi connectivity index (χ4n) is 1.05. The zero-order chi connectivity index (χ0) is 11.3. The number of carbonyl (C=O) groups excluding carboxylic acids is 1. The number of esters is 1. The minimum Gasteiger partial charge on any atom is -0.473 e. The second kappa shape index (κ2) is 5.67. The van der Waals surface area contributed by atoms with Gasteiger partial charge < -0.3 is 15.2 Å². The fourth-order valence-corrected chi connectivity index (χ4v) is 1.82. The summed E-state index contributed by atoms with van der Waals surface area (Å²) in [5, 5.41) is 0.582. The number of nitrogens with two attached hydrogens (primary N) is 1. The van der Waals surface area contributed by atoms with Crippen molar-refractivity contribution >= 4 is 17.3 Å². The summed E-state index contributed by atoms with van der Waals surface area (Å²) in [6.45, 7) is 0. The van der Waals surface area contributed by atoms with Crippen LogP contribution in [0.25, 0.3) is 0 Å². The average Bonchev–Trinajstić information content (AvgIpc) is 2.73. The third-order valence-corrected chi connectivity index (χ3v) is 3.02. The van der Waals surface area contributed by atoms with E-state index in [1.54, 1.807) is 13.3 Å². The summed E-state index contributed by atoms with van der Waals surface area (Å²) in [6, 6.07) is -0.189. The van der Waals surface area contributed by atoms with E-state index < -0.39 is 0 Å². The number of nitrogens with zero attached hydrogens (tertiary/aromatic N) is 1. The molecule has 1 atom stereocenters. The summed E-state index contributed by atoms with van der Waals surface area (Å²) < 4.78 is 9.48. The molecule has 1 heterocycles. The Bertz CT molecular complexity index is 327. The molecule has 0 radical (unpaired) electrons. The van der Waals surface area contributed by atoms with Crippen LogP contribution >= 0.6 is 11.3 Å². The van der Waals surface area contributed by atoms with Crippen molar-refractivity contribution in [1.29, 1.82) is 0 Å². The maximum Gasteiger partial charge on any atom is 0.305 e. The summed E-state index contributed by atoms with van der Waals surface area (Å²) in [4.78, 5) is 15.8. The van der Waals surface area contributed by atoms with E-state index in [0.29, 0.717) is 18.0 Å². The molecule has 2 N–H and O–H groups in total. The summed E-state index contributed by atoms with van der Waals surface area (Å²) in [5.41, 5.74) is 5.87. The van der Waals surface area contributed by atoms with Gasteiger partial charge in [-0.05, 0) is 6.42 Å². The number of methoxy groups -OCH3 is 2. The molecule has 0 bridgehead atoms. The van der Waals surface area contributed by atoms with Crippen molar-refractivity contribution in [3.63, 3.8) is 0 Å². The second-order valence-corrected chi connectivity index (χ2v) is 3.98. The van der Waals surface area contributed by atoms with E-state index >= 15 is 0 Å². The molecule has 0 aromatic carbocycles. The van der Waals surface area contributed by atoms with E-state index in [1.165, 1.54) is 18.4 Å². The third-order valence-electron chi connectivity index (χ3n) is 1.93. The smallest absolute Gasteiger partial charge is 0.305 e. The molecule has 1 unspecified atom stereocenters. The van der Waals surface area contributed by atoms with E-state index in [-0.39, 0.29) is 12.0 Å². The number of carbonyl (C=O) groups is 1. The van der Waals surface area contributed by atoms with E-state index in [4.69, 9.17) is 10.5 Å². The van der Waals surface area contributed by atoms with Crippen molar-refractivity contribution in [2.45, 2.75) is 18.9 Å². The molecule has 0 fully saturated rings. The van der Waals surface area contributed by atoms with Gasteiger partial charge in [0.05, 0.1) is 14.2 Å². The molecule has 6 heteroatoms. The van der Waals surface area contributed by atoms with Gasteiger partial charge >= 0.3 is 5.97 Å². The van der Waals surface area contributed by atoms with E-state index in [1.807, 2.05) is 0 Å². The lowest BCUT2D eigenvalue weighted by Gasteiger charge is -2.06. The molecule has 5 nitrogen and oxygen atoms in total.